The fourth-order valence-electron chi connectivity index (χ4n) is 3.99. The minimum atomic E-state index is -3.68. The highest BCUT2D eigenvalue weighted by Gasteiger charge is 2.20. The smallest absolute Gasteiger partial charge is 0.255 e. The van der Waals surface area contributed by atoms with Crippen LogP contribution in [0, 0.1) is 13.8 Å². The Balaban J connectivity index is 1.63. The topological polar surface area (TPSA) is 106 Å². The molecule has 0 aliphatic carbocycles. The third-order valence-electron chi connectivity index (χ3n) is 5.93. The molecule has 2 aromatic carbocycles. The molecule has 1 aliphatic heterocycles. The number of carbonyl (C=O) groups excluding carboxylic acids is 1. The number of carbonyl (C=O) groups is 1. The molecule has 1 aliphatic rings. The van der Waals surface area contributed by atoms with Gasteiger partial charge >= 0.3 is 0 Å². The summed E-state index contributed by atoms with van der Waals surface area (Å²) in [5, 5.41) is 11.6. The summed E-state index contributed by atoms with van der Waals surface area (Å²) >= 11 is 0. The van der Waals surface area contributed by atoms with Crippen molar-refractivity contribution < 1.29 is 13.2 Å². The maximum Gasteiger partial charge on any atom is 0.255 e. The normalized spacial score (nSPS) is 14.0. The highest BCUT2D eigenvalue weighted by atomic mass is 32.2. The van der Waals surface area contributed by atoms with Gasteiger partial charge in [-0.15, -0.1) is 10.2 Å². The first-order valence-electron chi connectivity index (χ1n) is 10.7. The van der Waals surface area contributed by atoms with Crippen molar-refractivity contribution in [3.8, 4) is 11.4 Å². The molecule has 4 rings (SSSR count). The van der Waals surface area contributed by atoms with E-state index in [1.165, 1.54) is 19.5 Å². The summed E-state index contributed by atoms with van der Waals surface area (Å²) < 4.78 is 29.2. The van der Waals surface area contributed by atoms with Gasteiger partial charge in [-0.25, -0.2) is 13.1 Å². The van der Waals surface area contributed by atoms with Gasteiger partial charge in [0.15, 0.2) is 5.82 Å². The lowest BCUT2D eigenvalue weighted by Crippen LogP contribution is -2.21. The lowest BCUT2D eigenvalue weighted by atomic mass is 10.1. The summed E-state index contributed by atoms with van der Waals surface area (Å²) in [4.78, 5) is 13.1. The molecule has 0 unspecified atom stereocenters. The summed E-state index contributed by atoms with van der Waals surface area (Å²) in [5.41, 5.74) is 3.11. The highest BCUT2D eigenvalue weighted by Crippen LogP contribution is 2.26. The summed E-state index contributed by atoms with van der Waals surface area (Å²) in [6.45, 7) is 4.41. The fourth-order valence-corrected chi connectivity index (χ4v) is 5.05. The lowest BCUT2D eigenvalue weighted by Gasteiger charge is -2.13. The van der Waals surface area contributed by atoms with Crippen molar-refractivity contribution in [2.75, 3.05) is 12.4 Å². The molecule has 0 radical (unpaired) electrons. The second-order valence-electron chi connectivity index (χ2n) is 8.06. The number of anilines is 1. The van der Waals surface area contributed by atoms with Gasteiger partial charge in [-0.05, 0) is 69.1 Å². The quantitative estimate of drug-likeness (QED) is 0.615. The maximum absolute atomic E-state index is 13.0. The van der Waals surface area contributed by atoms with Crippen LogP contribution in [0.4, 0.5) is 5.69 Å². The van der Waals surface area contributed by atoms with Crippen molar-refractivity contribution in [2.45, 2.75) is 51.0 Å². The van der Waals surface area contributed by atoms with E-state index in [1.54, 1.807) is 26.0 Å². The van der Waals surface area contributed by atoms with Crippen LogP contribution in [-0.4, -0.2) is 36.1 Å². The van der Waals surface area contributed by atoms with Gasteiger partial charge in [0.2, 0.25) is 10.0 Å². The van der Waals surface area contributed by atoms with E-state index in [-0.39, 0.29) is 16.4 Å². The molecule has 168 valence electrons. The number of hydrogen-bond acceptors (Lipinski definition) is 5. The molecular weight excluding hydrogens is 426 g/mol. The van der Waals surface area contributed by atoms with E-state index < -0.39 is 10.0 Å². The van der Waals surface area contributed by atoms with E-state index in [0.29, 0.717) is 11.3 Å². The number of hydrogen-bond donors (Lipinski definition) is 2. The second kappa shape index (κ2) is 8.84. The number of nitrogens with zero attached hydrogens (tertiary/aromatic N) is 3. The predicted molar refractivity (Wildman–Crippen MR) is 123 cm³/mol. The molecule has 0 saturated heterocycles. The Kier molecular flexibility index (Phi) is 6.12. The third-order valence-corrected chi connectivity index (χ3v) is 7.47. The molecule has 0 saturated carbocycles. The van der Waals surface area contributed by atoms with Crippen LogP contribution in [0.3, 0.4) is 0 Å². The maximum atomic E-state index is 13.0. The summed E-state index contributed by atoms with van der Waals surface area (Å²) in [6.07, 6.45) is 4.32. The molecule has 0 spiro atoms. The Hall–Kier alpha value is -3.04. The standard InChI is InChI=1S/C23H27N5O3S/c1-15-12-18(14-20(16(15)2)32(30,31)24-3)23(29)25-19-9-7-8-17(13-19)22-27-26-21-10-5-4-6-11-28(21)22/h7-9,12-14,24H,4-6,10-11H2,1-3H3,(H,25,29). The molecule has 0 atom stereocenters. The molecule has 9 heteroatoms. The van der Waals surface area contributed by atoms with Gasteiger partial charge in [-0.2, -0.15) is 0 Å². The van der Waals surface area contributed by atoms with E-state index in [1.807, 2.05) is 18.2 Å². The van der Waals surface area contributed by atoms with Crippen LogP contribution in [0.2, 0.25) is 0 Å². The van der Waals surface area contributed by atoms with Crippen molar-refractivity contribution >= 4 is 21.6 Å². The number of amides is 1. The van der Waals surface area contributed by atoms with E-state index in [9.17, 15) is 13.2 Å². The minimum Gasteiger partial charge on any atom is -0.322 e. The summed E-state index contributed by atoms with van der Waals surface area (Å²) in [5.74, 6) is 1.42. The number of benzene rings is 2. The molecular formula is C23H27N5O3S. The Labute approximate surface area is 188 Å². The average molecular weight is 454 g/mol. The van der Waals surface area contributed by atoms with Crippen molar-refractivity contribution in [1.82, 2.24) is 19.5 Å². The van der Waals surface area contributed by atoms with Crippen LogP contribution in [0.1, 0.15) is 46.6 Å². The zero-order valence-electron chi connectivity index (χ0n) is 18.5. The van der Waals surface area contributed by atoms with Crippen molar-refractivity contribution in [1.29, 1.82) is 0 Å². The lowest BCUT2D eigenvalue weighted by molar-refractivity contribution is 0.102. The zero-order chi connectivity index (χ0) is 22.9. The predicted octanol–water partition coefficient (Wildman–Crippen LogP) is 3.45. The third kappa shape index (κ3) is 4.31. The Bertz CT molecular complexity index is 1280. The zero-order valence-corrected chi connectivity index (χ0v) is 19.3. The largest absolute Gasteiger partial charge is 0.322 e. The monoisotopic (exact) mass is 453 g/mol. The van der Waals surface area contributed by atoms with E-state index in [0.717, 1.165) is 48.6 Å². The fraction of sp³-hybridized carbons (Fsp3) is 0.348. The molecule has 3 aromatic rings. The first kappa shape index (κ1) is 22.2. The molecule has 2 heterocycles. The van der Waals surface area contributed by atoms with Crippen LogP contribution >= 0.6 is 0 Å². The van der Waals surface area contributed by atoms with Crippen LogP contribution in [0.25, 0.3) is 11.4 Å². The molecule has 8 nitrogen and oxygen atoms in total. The number of fused-ring (bicyclic) bond motifs is 1. The van der Waals surface area contributed by atoms with Gasteiger partial charge in [-0.1, -0.05) is 18.6 Å². The summed E-state index contributed by atoms with van der Waals surface area (Å²) in [6, 6.07) is 10.6. The first-order valence-corrected chi connectivity index (χ1v) is 12.2. The SMILES string of the molecule is CNS(=O)(=O)c1cc(C(=O)Nc2cccc(-c3nnc4n3CCCCC4)c2)cc(C)c1C. The Morgan fingerprint density at radius 1 is 1.06 bits per heavy atom. The van der Waals surface area contributed by atoms with Crippen molar-refractivity contribution in [3.05, 3.63) is 58.9 Å². The molecule has 0 fully saturated rings. The van der Waals surface area contributed by atoms with Crippen LogP contribution in [0.5, 0.6) is 0 Å². The molecule has 32 heavy (non-hydrogen) atoms. The Morgan fingerprint density at radius 2 is 1.88 bits per heavy atom. The highest BCUT2D eigenvalue weighted by molar-refractivity contribution is 7.89. The summed E-state index contributed by atoms with van der Waals surface area (Å²) in [7, 11) is -2.32. The van der Waals surface area contributed by atoms with Crippen molar-refractivity contribution in [2.24, 2.45) is 0 Å². The van der Waals surface area contributed by atoms with Gasteiger partial charge in [-0.3, -0.25) is 4.79 Å². The molecule has 0 bridgehead atoms. The van der Waals surface area contributed by atoms with Gasteiger partial charge in [0.25, 0.3) is 5.91 Å². The number of sulfonamides is 1. The molecule has 1 amide bonds. The van der Waals surface area contributed by atoms with Crippen LogP contribution in [0.15, 0.2) is 41.3 Å². The van der Waals surface area contributed by atoms with Gasteiger partial charge < -0.3 is 9.88 Å². The minimum absolute atomic E-state index is 0.102. The molecule has 2 N–H and O–H groups in total. The van der Waals surface area contributed by atoms with Crippen LogP contribution in [-0.2, 0) is 23.0 Å². The number of aromatic nitrogens is 3. The van der Waals surface area contributed by atoms with Gasteiger partial charge in [0.1, 0.15) is 5.82 Å². The number of rotatable bonds is 5. The van der Waals surface area contributed by atoms with Crippen LogP contribution < -0.4 is 10.0 Å². The van der Waals surface area contributed by atoms with E-state index in [4.69, 9.17) is 0 Å². The van der Waals surface area contributed by atoms with E-state index >= 15 is 0 Å². The number of nitrogens with one attached hydrogen (secondary N) is 2. The number of aryl methyl sites for hydroxylation is 2. The second-order valence-corrected chi connectivity index (χ2v) is 9.92. The van der Waals surface area contributed by atoms with Gasteiger partial charge in [0, 0.05) is 29.8 Å². The van der Waals surface area contributed by atoms with Crippen molar-refractivity contribution in [3.63, 3.8) is 0 Å². The van der Waals surface area contributed by atoms with E-state index in [2.05, 4.69) is 24.8 Å². The average Bonchev–Trinajstić information content (AvgIpc) is 3.03. The Morgan fingerprint density at radius 3 is 2.66 bits per heavy atom. The van der Waals surface area contributed by atoms with Gasteiger partial charge in [0.05, 0.1) is 4.90 Å². The molecule has 1 aromatic heterocycles. The first-order chi connectivity index (χ1) is 15.3.